The molecule has 0 atom stereocenters. The lowest BCUT2D eigenvalue weighted by atomic mass is 10.1. The number of aliphatic hydroxyl groups is 1. The molecule has 0 aromatic rings. The largest absolute Gasteiger partial charge is 0.378 e. The molecule has 4 nitrogen and oxygen atoms in total. The van der Waals surface area contributed by atoms with Crippen LogP contribution in [0.4, 0.5) is 0 Å². The molecular formula is C7H12O4S. The van der Waals surface area contributed by atoms with E-state index >= 15 is 0 Å². The highest BCUT2D eigenvalue weighted by molar-refractivity contribution is 7.85. The summed E-state index contributed by atoms with van der Waals surface area (Å²) in [5.41, 5.74) is -1.11. The molecule has 0 fully saturated rings. The van der Waals surface area contributed by atoms with E-state index in [1.165, 1.54) is 13.8 Å². The van der Waals surface area contributed by atoms with Crippen LogP contribution in [0.15, 0.2) is 0 Å². The zero-order valence-electron chi connectivity index (χ0n) is 7.29. The van der Waals surface area contributed by atoms with Crippen LogP contribution in [-0.2, 0) is 14.3 Å². The van der Waals surface area contributed by atoms with Crippen LogP contribution < -0.4 is 0 Å². The van der Waals surface area contributed by atoms with Gasteiger partial charge in [0.15, 0.2) is 0 Å². The second-order valence-electron chi connectivity index (χ2n) is 2.83. The summed E-state index contributed by atoms with van der Waals surface area (Å²) in [7, 11) is -3.43. The van der Waals surface area contributed by atoms with E-state index in [9.17, 15) is 8.42 Å². The molecule has 0 aromatic heterocycles. The molecule has 0 spiro atoms. The minimum absolute atomic E-state index is 0.219. The Labute approximate surface area is 72.7 Å². The van der Waals surface area contributed by atoms with Gasteiger partial charge in [0, 0.05) is 0 Å². The summed E-state index contributed by atoms with van der Waals surface area (Å²) in [4.78, 5) is 0. The summed E-state index contributed by atoms with van der Waals surface area (Å²) >= 11 is 0. The van der Waals surface area contributed by atoms with Crippen molar-refractivity contribution in [2.45, 2.75) is 19.4 Å². The Balaban J connectivity index is 3.92. The second kappa shape index (κ2) is 3.90. The lowest BCUT2D eigenvalue weighted by molar-refractivity contribution is 0.143. The van der Waals surface area contributed by atoms with Gasteiger partial charge in [0.1, 0.15) is 12.2 Å². The van der Waals surface area contributed by atoms with Crippen LogP contribution >= 0.6 is 0 Å². The monoisotopic (exact) mass is 192 g/mol. The highest BCUT2D eigenvalue weighted by Crippen LogP contribution is 1.96. The summed E-state index contributed by atoms with van der Waals surface area (Å²) in [5, 5.41) is 9.07. The van der Waals surface area contributed by atoms with Gasteiger partial charge in [0.05, 0.1) is 6.26 Å². The topological polar surface area (TPSA) is 63.6 Å². The van der Waals surface area contributed by atoms with Gasteiger partial charge in [-0.1, -0.05) is 11.8 Å². The molecule has 0 bridgehead atoms. The minimum atomic E-state index is -3.43. The SMILES string of the molecule is CC(C)(O)C#CCOS(C)(=O)=O. The molecule has 0 saturated carbocycles. The Hall–Kier alpha value is -0.570. The van der Waals surface area contributed by atoms with Crippen molar-refractivity contribution < 1.29 is 17.7 Å². The van der Waals surface area contributed by atoms with Gasteiger partial charge in [0.25, 0.3) is 10.1 Å². The standard InChI is InChI=1S/C7H12O4S/c1-7(2,8)5-4-6-11-12(3,9)10/h8H,6H2,1-3H3. The fourth-order valence-corrected chi connectivity index (χ4v) is 0.662. The Kier molecular flexibility index (Phi) is 3.71. The Bertz CT molecular complexity index is 286. The van der Waals surface area contributed by atoms with Crippen LogP contribution in [0.3, 0.4) is 0 Å². The van der Waals surface area contributed by atoms with Crippen molar-refractivity contribution in [3.05, 3.63) is 0 Å². The van der Waals surface area contributed by atoms with Crippen LogP contribution in [0, 0.1) is 11.8 Å². The van der Waals surface area contributed by atoms with Crippen molar-refractivity contribution in [2.75, 3.05) is 12.9 Å². The maximum absolute atomic E-state index is 10.4. The van der Waals surface area contributed by atoms with Gasteiger partial charge < -0.3 is 5.11 Å². The van der Waals surface area contributed by atoms with E-state index < -0.39 is 15.7 Å². The molecule has 0 saturated heterocycles. The van der Waals surface area contributed by atoms with Gasteiger partial charge in [-0.3, -0.25) is 4.18 Å². The molecule has 5 heteroatoms. The zero-order valence-corrected chi connectivity index (χ0v) is 8.10. The van der Waals surface area contributed by atoms with Crippen LogP contribution in [0.2, 0.25) is 0 Å². The highest BCUT2D eigenvalue weighted by Gasteiger charge is 2.05. The molecule has 0 aliphatic carbocycles. The summed E-state index contributed by atoms with van der Waals surface area (Å²) in [6.45, 7) is 2.78. The summed E-state index contributed by atoms with van der Waals surface area (Å²) in [6.07, 6.45) is 0.943. The number of hydrogen-bond donors (Lipinski definition) is 1. The first kappa shape index (κ1) is 11.4. The quantitative estimate of drug-likeness (QED) is 0.483. The third-order valence-corrected chi connectivity index (χ3v) is 1.29. The van der Waals surface area contributed by atoms with E-state index in [-0.39, 0.29) is 6.61 Å². The van der Waals surface area contributed by atoms with Crippen LogP contribution in [-0.4, -0.2) is 32.0 Å². The molecule has 0 heterocycles. The third kappa shape index (κ3) is 9.43. The Morgan fingerprint density at radius 1 is 1.50 bits per heavy atom. The Morgan fingerprint density at radius 2 is 2.00 bits per heavy atom. The normalized spacial score (nSPS) is 12.0. The molecule has 0 aliphatic rings. The van der Waals surface area contributed by atoms with E-state index in [0.717, 1.165) is 6.26 Å². The molecular weight excluding hydrogens is 180 g/mol. The molecule has 0 radical (unpaired) electrons. The molecule has 0 aromatic carbocycles. The lowest BCUT2D eigenvalue weighted by Crippen LogP contribution is -2.15. The molecule has 0 aliphatic heterocycles. The van der Waals surface area contributed by atoms with Crippen molar-refractivity contribution in [3.63, 3.8) is 0 Å². The molecule has 0 unspecified atom stereocenters. The van der Waals surface area contributed by atoms with Gasteiger partial charge in [-0.15, -0.1) is 0 Å². The maximum atomic E-state index is 10.4. The first-order valence-electron chi connectivity index (χ1n) is 3.27. The predicted molar refractivity (Wildman–Crippen MR) is 44.9 cm³/mol. The van der Waals surface area contributed by atoms with Gasteiger partial charge >= 0.3 is 0 Å². The van der Waals surface area contributed by atoms with Gasteiger partial charge in [-0.2, -0.15) is 8.42 Å². The van der Waals surface area contributed by atoms with Gasteiger partial charge in [-0.25, -0.2) is 0 Å². The lowest BCUT2D eigenvalue weighted by Gasteiger charge is -2.05. The van der Waals surface area contributed by atoms with Gasteiger partial charge in [-0.05, 0) is 13.8 Å². The highest BCUT2D eigenvalue weighted by atomic mass is 32.2. The molecule has 1 N–H and O–H groups in total. The van der Waals surface area contributed by atoms with E-state index in [0.29, 0.717) is 0 Å². The van der Waals surface area contributed by atoms with Crippen LogP contribution in [0.1, 0.15) is 13.8 Å². The van der Waals surface area contributed by atoms with Crippen molar-refractivity contribution in [3.8, 4) is 11.8 Å². The Morgan fingerprint density at radius 3 is 2.33 bits per heavy atom. The van der Waals surface area contributed by atoms with E-state index in [2.05, 4.69) is 16.0 Å². The van der Waals surface area contributed by atoms with E-state index in [1.54, 1.807) is 0 Å². The molecule has 0 rings (SSSR count). The van der Waals surface area contributed by atoms with E-state index in [1.807, 2.05) is 0 Å². The summed E-state index contributed by atoms with van der Waals surface area (Å²) < 4.78 is 25.1. The average molecular weight is 192 g/mol. The molecule has 12 heavy (non-hydrogen) atoms. The molecule has 0 amide bonds. The summed E-state index contributed by atoms with van der Waals surface area (Å²) in [6, 6.07) is 0. The minimum Gasteiger partial charge on any atom is -0.378 e. The zero-order chi connectivity index (χ0) is 9.83. The summed E-state index contributed by atoms with van der Waals surface area (Å²) in [5.74, 6) is 4.79. The fourth-order valence-electron chi connectivity index (χ4n) is 0.389. The first-order valence-corrected chi connectivity index (χ1v) is 5.09. The van der Waals surface area contributed by atoms with Crippen LogP contribution in [0.25, 0.3) is 0 Å². The molecule has 70 valence electrons. The predicted octanol–water partition coefficient (Wildman–Crippen LogP) is -0.263. The fraction of sp³-hybridized carbons (Fsp3) is 0.714. The average Bonchev–Trinajstić information content (AvgIpc) is 1.76. The van der Waals surface area contributed by atoms with Crippen molar-refractivity contribution in [1.29, 1.82) is 0 Å². The first-order chi connectivity index (χ1) is 5.21. The smallest absolute Gasteiger partial charge is 0.265 e. The second-order valence-corrected chi connectivity index (χ2v) is 4.47. The van der Waals surface area contributed by atoms with Crippen LogP contribution in [0.5, 0.6) is 0 Å². The van der Waals surface area contributed by atoms with Gasteiger partial charge in [0.2, 0.25) is 0 Å². The number of rotatable bonds is 2. The van der Waals surface area contributed by atoms with Crippen molar-refractivity contribution in [1.82, 2.24) is 0 Å². The van der Waals surface area contributed by atoms with E-state index in [4.69, 9.17) is 5.11 Å². The van der Waals surface area contributed by atoms with Crippen molar-refractivity contribution in [2.24, 2.45) is 0 Å². The third-order valence-electron chi connectivity index (χ3n) is 0.739. The maximum Gasteiger partial charge on any atom is 0.265 e. The number of hydrogen-bond acceptors (Lipinski definition) is 4. The van der Waals surface area contributed by atoms with Crippen molar-refractivity contribution >= 4 is 10.1 Å².